The molecule has 0 saturated carbocycles. The van der Waals surface area contributed by atoms with Gasteiger partial charge in [-0.3, -0.25) is 0 Å². The van der Waals surface area contributed by atoms with Gasteiger partial charge in [0.2, 0.25) is 0 Å². The summed E-state index contributed by atoms with van der Waals surface area (Å²) in [6.07, 6.45) is 0. The zero-order valence-corrected chi connectivity index (χ0v) is 39.5. The fourth-order valence-corrected chi connectivity index (χ4v) is 9.87. The molecule has 74 heavy (non-hydrogen) atoms. The van der Waals surface area contributed by atoms with E-state index in [-0.39, 0.29) is 0 Å². The van der Waals surface area contributed by atoms with Gasteiger partial charge in [0.15, 0.2) is 57.9 Å². The minimum absolute atomic E-state index is 0.471. The van der Waals surface area contributed by atoms with Crippen LogP contribution < -0.4 is 19.3 Å². The predicted molar refractivity (Wildman–Crippen MR) is 293 cm³/mol. The van der Waals surface area contributed by atoms with E-state index < -0.39 is 0 Å². The lowest BCUT2D eigenvalue weighted by Crippen LogP contribution is -2.18. The van der Waals surface area contributed by atoms with Crippen molar-refractivity contribution in [2.24, 2.45) is 0 Å². The van der Waals surface area contributed by atoms with E-state index >= 15 is 0 Å². The maximum absolute atomic E-state index is 6.67. The molecule has 4 heterocycles. The van der Waals surface area contributed by atoms with Gasteiger partial charge in [0.1, 0.15) is 0 Å². The first kappa shape index (κ1) is 42.5. The van der Waals surface area contributed by atoms with Crippen molar-refractivity contribution in [1.82, 2.24) is 29.9 Å². The van der Waals surface area contributed by atoms with E-state index in [4.69, 9.17) is 39.4 Å². The van der Waals surface area contributed by atoms with Crippen molar-refractivity contribution in [2.75, 3.05) is 9.80 Å². The molecular weight excluding hydrogens is 913 g/mol. The molecule has 0 radical (unpaired) electrons. The number of para-hydroxylation sites is 8. The van der Waals surface area contributed by atoms with E-state index in [9.17, 15) is 0 Å². The van der Waals surface area contributed by atoms with Crippen LogP contribution in [0.1, 0.15) is 0 Å². The number of anilines is 6. The van der Waals surface area contributed by atoms with E-state index in [1.165, 1.54) is 0 Å². The summed E-state index contributed by atoms with van der Waals surface area (Å²) in [5.41, 5.74) is 10.2. The average molecular weight is 953 g/mol. The largest absolute Gasteiger partial charge is 0.453 e. The van der Waals surface area contributed by atoms with Crippen molar-refractivity contribution in [1.29, 1.82) is 0 Å². The quantitative estimate of drug-likeness (QED) is 0.146. The minimum Gasteiger partial charge on any atom is -0.453 e. The Balaban J connectivity index is 1.13. The Kier molecular flexibility index (Phi) is 10.2. The molecule has 10 aromatic carbocycles. The molecule has 348 valence electrons. The molecule has 2 aliphatic heterocycles. The van der Waals surface area contributed by atoms with Crippen LogP contribution in [0.25, 0.3) is 79.1 Å². The summed E-state index contributed by atoms with van der Waals surface area (Å²) in [6, 6.07) is 81.6. The lowest BCUT2D eigenvalue weighted by Gasteiger charge is -2.36. The molecule has 0 spiro atoms. The molecule has 14 rings (SSSR count). The van der Waals surface area contributed by atoms with Gasteiger partial charge < -0.3 is 19.3 Å². The lowest BCUT2D eigenvalue weighted by atomic mass is 9.95. The Hall–Kier alpha value is -10.3. The molecule has 0 atom stereocenters. The Morgan fingerprint density at radius 1 is 0.243 bits per heavy atom. The highest BCUT2D eigenvalue weighted by molar-refractivity contribution is 6.11. The van der Waals surface area contributed by atoms with Crippen molar-refractivity contribution in [2.45, 2.75) is 0 Å². The van der Waals surface area contributed by atoms with Gasteiger partial charge in [0.25, 0.3) is 0 Å². The summed E-state index contributed by atoms with van der Waals surface area (Å²) in [7, 11) is 0. The summed E-state index contributed by atoms with van der Waals surface area (Å²) < 4.78 is 13.3. The van der Waals surface area contributed by atoms with Crippen LogP contribution in [-0.4, -0.2) is 29.9 Å². The summed E-state index contributed by atoms with van der Waals surface area (Å²) in [4.78, 5) is 36.2. The van der Waals surface area contributed by atoms with Gasteiger partial charge in [0.05, 0.1) is 28.4 Å². The number of hydrogen-bond acceptors (Lipinski definition) is 10. The van der Waals surface area contributed by atoms with Crippen molar-refractivity contribution >= 4 is 44.9 Å². The zero-order chi connectivity index (χ0) is 49.0. The molecule has 10 heteroatoms. The van der Waals surface area contributed by atoms with Crippen molar-refractivity contribution in [3.8, 4) is 91.3 Å². The third kappa shape index (κ3) is 7.53. The molecule has 2 aromatic heterocycles. The first-order valence-corrected chi connectivity index (χ1v) is 24.4. The highest BCUT2D eigenvalue weighted by Crippen LogP contribution is 2.56. The van der Waals surface area contributed by atoms with Crippen LogP contribution in [0.5, 0.6) is 23.0 Å². The lowest BCUT2D eigenvalue weighted by molar-refractivity contribution is 0.477. The van der Waals surface area contributed by atoms with Crippen molar-refractivity contribution in [3.05, 3.63) is 243 Å². The monoisotopic (exact) mass is 952 g/mol. The molecule has 0 unspecified atom stereocenters. The normalized spacial score (nSPS) is 12.2. The molecular formula is C64H40N8O2. The SMILES string of the molecule is c1ccc(-c2nc(-c3ccccc3)nc(-c3cc(-c4nc(-c5ccccc5)nc(-c5ccccc5)n4)c4cc(N5c6ccccc6Oc6ccccc65)cc(N5c6ccccc6Oc6ccccc65)c4c3)n2)cc1. The molecule has 12 aromatic rings. The summed E-state index contributed by atoms with van der Waals surface area (Å²) in [6.45, 7) is 0. The molecule has 0 aliphatic carbocycles. The van der Waals surface area contributed by atoms with Gasteiger partial charge in [-0.1, -0.05) is 170 Å². The highest BCUT2D eigenvalue weighted by Gasteiger charge is 2.32. The van der Waals surface area contributed by atoms with Crippen LogP contribution >= 0.6 is 0 Å². The molecule has 2 aliphatic rings. The van der Waals surface area contributed by atoms with E-state index in [1.54, 1.807) is 0 Å². The highest BCUT2D eigenvalue weighted by atomic mass is 16.5. The third-order valence-corrected chi connectivity index (χ3v) is 13.3. The molecule has 0 bridgehead atoms. The number of fused-ring (bicyclic) bond motifs is 5. The fraction of sp³-hybridized carbons (Fsp3) is 0. The Morgan fingerprint density at radius 3 is 0.959 bits per heavy atom. The summed E-state index contributed by atoms with van der Waals surface area (Å²) in [5.74, 6) is 6.03. The van der Waals surface area contributed by atoms with E-state index in [2.05, 4.69) is 58.3 Å². The van der Waals surface area contributed by atoms with Gasteiger partial charge in [-0.2, -0.15) is 0 Å². The second kappa shape index (κ2) is 17.8. The number of hydrogen-bond donors (Lipinski definition) is 0. The van der Waals surface area contributed by atoms with Gasteiger partial charge in [-0.05, 0) is 78.2 Å². The van der Waals surface area contributed by atoms with Crippen LogP contribution in [0, 0.1) is 0 Å². The van der Waals surface area contributed by atoms with Gasteiger partial charge >= 0.3 is 0 Å². The topological polar surface area (TPSA) is 102 Å². The Labute approximate surface area is 426 Å². The average Bonchev–Trinajstić information content (AvgIpc) is 3.48. The van der Waals surface area contributed by atoms with Crippen LogP contribution in [0.4, 0.5) is 34.1 Å². The van der Waals surface area contributed by atoms with Gasteiger partial charge in [-0.15, -0.1) is 0 Å². The number of ether oxygens (including phenoxy) is 2. The molecule has 10 nitrogen and oxygen atoms in total. The van der Waals surface area contributed by atoms with Crippen LogP contribution in [0.15, 0.2) is 243 Å². The number of aromatic nitrogens is 6. The van der Waals surface area contributed by atoms with Gasteiger partial charge in [0, 0.05) is 44.5 Å². The second-order valence-electron chi connectivity index (χ2n) is 17.9. The number of rotatable bonds is 8. The summed E-state index contributed by atoms with van der Waals surface area (Å²) >= 11 is 0. The van der Waals surface area contributed by atoms with E-state index in [0.717, 1.165) is 101 Å². The second-order valence-corrected chi connectivity index (χ2v) is 17.9. The molecule has 0 N–H and O–H groups in total. The van der Waals surface area contributed by atoms with Crippen LogP contribution in [-0.2, 0) is 0 Å². The minimum atomic E-state index is 0.471. The van der Waals surface area contributed by atoms with E-state index in [0.29, 0.717) is 34.9 Å². The van der Waals surface area contributed by atoms with Crippen LogP contribution in [0.2, 0.25) is 0 Å². The van der Waals surface area contributed by atoms with Crippen LogP contribution in [0.3, 0.4) is 0 Å². The van der Waals surface area contributed by atoms with E-state index in [1.807, 2.05) is 194 Å². The third-order valence-electron chi connectivity index (χ3n) is 13.3. The van der Waals surface area contributed by atoms with Crippen molar-refractivity contribution < 1.29 is 9.47 Å². The summed E-state index contributed by atoms with van der Waals surface area (Å²) in [5, 5.41) is 1.75. The maximum Gasteiger partial charge on any atom is 0.164 e. The number of benzene rings is 10. The standard InChI is InChI=1S/C64H40N8O2/c1-5-21-41(22-6-1)59-65-60(42-23-7-2-8-24-42)68-63(67-59)45-37-48-47(49(38-45)64-69-61(43-25-9-3-10-26-43)66-62(70-64)44-27-11-4-12-28-44)39-46(71-50-29-13-17-33-55(50)73-56-34-18-14-30-51(56)71)40-54(48)72-52-31-15-19-35-57(52)74-58-36-20-16-32-53(58)72/h1-40H. The maximum atomic E-state index is 6.67. The van der Waals surface area contributed by atoms with Gasteiger partial charge in [-0.25, -0.2) is 29.9 Å². The first-order chi connectivity index (χ1) is 36.7. The molecule has 0 saturated heterocycles. The Bertz CT molecular complexity index is 3900. The predicted octanol–water partition coefficient (Wildman–Crippen LogP) is 16.4. The number of nitrogens with zero attached hydrogens (tertiary/aromatic N) is 8. The molecule has 0 amide bonds. The smallest absolute Gasteiger partial charge is 0.164 e. The zero-order valence-electron chi connectivity index (χ0n) is 39.5. The molecule has 0 fully saturated rings. The van der Waals surface area contributed by atoms with Crippen molar-refractivity contribution in [3.63, 3.8) is 0 Å². The Morgan fingerprint density at radius 2 is 0.568 bits per heavy atom. The first-order valence-electron chi connectivity index (χ1n) is 24.4. The fourth-order valence-electron chi connectivity index (χ4n) is 9.87.